The lowest BCUT2D eigenvalue weighted by molar-refractivity contribution is -0.136. The second-order valence-electron chi connectivity index (χ2n) is 6.30. The summed E-state index contributed by atoms with van der Waals surface area (Å²) in [7, 11) is 2.84. The summed E-state index contributed by atoms with van der Waals surface area (Å²) < 4.78 is 23.5. The molecule has 2 aromatic carbocycles. The number of esters is 1. The van der Waals surface area contributed by atoms with Gasteiger partial charge in [0.05, 0.1) is 31.9 Å². The maximum absolute atomic E-state index is 13.5. The number of carbonyl (C=O) groups is 2. The van der Waals surface area contributed by atoms with Crippen molar-refractivity contribution in [1.29, 1.82) is 0 Å². The molecule has 0 aliphatic carbocycles. The number of hydrogen-bond acceptors (Lipinski definition) is 4. The van der Waals surface area contributed by atoms with E-state index in [0.29, 0.717) is 17.0 Å². The minimum atomic E-state index is -0.606. The third-order valence-corrected chi connectivity index (χ3v) is 4.56. The Kier molecular flexibility index (Phi) is 5.59. The predicted octanol–water partition coefficient (Wildman–Crippen LogP) is 3.71. The van der Waals surface area contributed by atoms with E-state index in [1.807, 2.05) is 12.1 Å². The van der Waals surface area contributed by atoms with Crippen LogP contribution in [0.25, 0.3) is 6.08 Å². The van der Waals surface area contributed by atoms with Crippen LogP contribution in [0, 0.1) is 5.82 Å². The molecule has 0 N–H and O–H groups in total. The number of allylic oxidation sites excluding steroid dienone is 1. The quantitative estimate of drug-likeness (QED) is 0.585. The molecule has 0 aromatic heterocycles. The molecule has 6 heteroatoms. The van der Waals surface area contributed by atoms with Gasteiger partial charge in [0.1, 0.15) is 11.6 Å². The zero-order valence-electron chi connectivity index (χ0n) is 15.9. The van der Waals surface area contributed by atoms with Crippen molar-refractivity contribution in [3.8, 4) is 5.75 Å². The van der Waals surface area contributed by atoms with Crippen LogP contribution in [-0.4, -0.2) is 31.0 Å². The Balaban J connectivity index is 1.99. The van der Waals surface area contributed by atoms with Crippen molar-refractivity contribution < 1.29 is 23.5 Å². The summed E-state index contributed by atoms with van der Waals surface area (Å²) in [5, 5.41) is 0. The van der Waals surface area contributed by atoms with Gasteiger partial charge in [0, 0.05) is 5.70 Å². The van der Waals surface area contributed by atoms with E-state index in [4.69, 9.17) is 9.47 Å². The van der Waals surface area contributed by atoms with Gasteiger partial charge in [-0.2, -0.15) is 0 Å². The lowest BCUT2D eigenvalue weighted by Crippen LogP contribution is -2.24. The Labute approximate surface area is 162 Å². The maximum atomic E-state index is 13.5. The summed E-state index contributed by atoms with van der Waals surface area (Å²) in [6.07, 6.45) is 1.51. The predicted molar refractivity (Wildman–Crippen MR) is 103 cm³/mol. The molecule has 0 spiro atoms. The molecule has 0 atom stereocenters. The van der Waals surface area contributed by atoms with Gasteiger partial charge in [-0.1, -0.05) is 24.3 Å². The Morgan fingerprint density at radius 2 is 1.86 bits per heavy atom. The second kappa shape index (κ2) is 8.08. The smallest absolute Gasteiger partial charge is 0.340 e. The van der Waals surface area contributed by atoms with Crippen LogP contribution in [0.3, 0.4) is 0 Å². The van der Waals surface area contributed by atoms with E-state index in [9.17, 15) is 14.0 Å². The standard InChI is InChI=1S/C22H20FNO4/c1-14-20(22(26)28-3)19(12-16-5-4-6-17(23)11-16)21(25)24(14)13-15-7-9-18(27-2)10-8-15/h4-12H,13H2,1-3H3/b19-12-. The summed E-state index contributed by atoms with van der Waals surface area (Å²) >= 11 is 0. The average molecular weight is 381 g/mol. The van der Waals surface area contributed by atoms with Crippen LogP contribution in [0.2, 0.25) is 0 Å². The molecule has 5 nitrogen and oxygen atoms in total. The van der Waals surface area contributed by atoms with E-state index >= 15 is 0 Å². The number of ether oxygens (including phenoxy) is 2. The van der Waals surface area contributed by atoms with Crippen LogP contribution in [0.4, 0.5) is 4.39 Å². The molecule has 1 aliphatic rings. The van der Waals surface area contributed by atoms with Gasteiger partial charge in [-0.05, 0) is 48.4 Å². The molecule has 3 rings (SSSR count). The average Bonchev–Trinajstić information content (AvgIpc) is 2.92. The van der Waals surface area contributed by atoms with Crippen molar-refractivity contribution >= 4 is 18.0 Å². The fourth-order valence-electron chi connectivity index (χ4n) is 3.10. The van der Waals surface area contributed by atoms with Crippen molar-refractivity contribution in [3.05, 3.63) is 82.3 Å². The molecular weight excluding hydrogens is 361 g/mol. The number of carbonyl (C=O) groups excluding carboxylic acids is 2. The largest absolute Gasteiger partial charge is 0.497 e. The van der Waals surface area contributed by atoms with Crippen LogP contribution in [0.1, 0.15) is 18.1 Å². The number of rotatable bonds is 5. The fourth-order valence-corrected chi connectivity index (χ4v) is 3.10. The van der Waals surface area contributed by atoms with Crippen molar-refractivity contribution in [2.24, 2.45) is 0 Å². The topological polar surface area (TPSA) is 55.8 Å². The van der Waals surface area contributed by atoms with E-state index in [1.165, 1.54) is 30.2 Å². The highest BCUT2D eigenvalue weighted by atomic mass is 19.1. The van der Waals surface area contributed by atoms with Gasteiger partial charge < -0.3 is 14.4 Å². The highest BCUT2D eigenvalue weighted by Gasteiger charge is 2.36. The Bertz CT molecular complexity index is 976. The minimum absolute atomic E-state index is 0.184. The van der Waals surface area contributed by atoms with Gasteiger partial charge in [0.25, 0.3) is 5.91 Å². The molecule has 1 heterocycles. The summed E-state index contributed by atoms with van der Waals surface area (Å²) in [6.45, 7) is 1.98. The zero-order chi connectivity index (χ0) is 20.3. The first-order chi connectivity index (χ1) is 13.4. The molecule has 1 amide bonds. The first-order valence-electron chi connectivity index (χ1n) is 8.66. The van der Waals surface area contributed by atoms with E-state index in [2.05, 4.69) is 0 Å². The number of amides is 1. The zero-order valence-corrected chi connectivity index (χ0v) is 15.9. The monoisotopic (exact) mass is 381 g/mol. The number of benzene rings is 2. The number of halogens is 1. The first-order valence-corrected chi connectivity index (χ1v) is 8.66. The normalized spacial score (nSPS) is 15.4. The van der Waals surface area contributed by atoms with Crippen molar-refractivity contribution in [3.63, 3.8) is 0 Å². The van der Waals surface area contributed by atoms with Crippen LogP contribution in [-0.2, 0) is 20.9 Å². The third kappa shape index (κ3) is 3.81. The van der Waals surface area contributed by atoms with Crippen LogP contribution < -0.4 is 4.74 Å². The van der Waals surface area contributed by atoms with Gasteiger partial charge in [-0.25, -0.2) is 9.18 Å². The molecule has 0 saturated carbocycles. The van der Waals surface area contributed by atoms with E-state index < -0.39 is 11.8 Å². The Hall–Kier alpha value is -3.41. The number of methoxy groups -OCH3 is 2. The van der Waals surface area contributed by atoms with Crippen LogP contribution in [0.15, 0.2) is 65.4 Å². The molecule has 0 fully saturated rings. The third-order valence-electron chi connectivity index (χ3n) is 4.56. The first kappa shape index (κ1) is 19.4. The van der Waals surface area contributed by atoms with Crippen LogP contribution in [0.5, 0.6) is 5.75 Å². The fraction of sp³-hybridized carbons (Fsp3) is 0.182. The molecule has 0 bridgehead atoms. The van der Waals surface area contributed by atoms with Gasteiger partial charge in [0.15, 0.2) is 0 Å². The van der Waals surface area contributed by atoms with Gasteiger partial charge in [0.2, 0.25) is 0 Å². The second-order valence-corrected chi connectivity index (χ2v) is 6.30. The minimum Gasteiger partial charge on any atom is -0.497 e. The number of nitrogens with zero attached hydrogens (tertiary/aromatic N) is 1. The van der Waals surface area contributed by atoms with Gasteiger partial charge >= 0.3 is 5.97 Å². The molecule has 144 valence electrons. The molecule has 0 unspecified atom stereocenters. The van der Waals surface area contributed by atoms with Gasteiger partial charge in [-0.3, -0.25) is 4.79 Å². The molecule has 28 heavy (non-hydrogen) atoms. The molecule has 2 aromatic rings. The highest BCUT2D eigenvalue weighted by Crippen LogP contribution is 2.33. The Morgan fingerprint density at radius 1 is 1.14 bits per heavy atom. The van der Waals surface area contributed by atoms with E-state index in [-0.39, 0.29) is 23.6 Å². The SMILES string of the molecule is COC(=O)C1=C(C)N(Cc2ccc(OC)cc2)C(=O)/C1=C\c1cccc(F)c1. The van der Waals surface area contributed by atoms with E-state index in [0.717, 1.165) is 5.56 Å². The summed E-state index contributed by atoms with van der Waals surface area (Å²) in [6, 6.07) is 13.1. The summed E-state index contributed by atoms with van der Waals surface area (Å²) in [5.74, 6) is -0.649. The Morgan fingerprint density at radius 3 is 2.46 bits per heavy atom. The highest BCUT2D eigenvalue weighted by molar-refractivity contribution is 6.16. The molecule has 0 saturated heterocycles. The summed E-state index contributed by atoms with van der Waals surface area (Å²) in [4.78, 5) is 26.9. The van der Waals surface area contributed by atoms with Crippen molar-refractivity contribution in [1.82, 2.24) is 4.90 Å². The van der Waals surface area contributed by atoms with Crippen molar-refractivity contribution in [2.45, 2.75) is 13.5 Å². The molecule has 0 radical (unpaired) electrons. The molecule has 1 aliphatic heterocycles. The molecular formula is C22H20FNO4. The van der Waals surface area contributed by atoms with E-state index in [1.54, 1.807) is 38.3 Å². The van der Waals surface area contributed by atoms with Gasteiger partial charge in [-0.15, -0.1) is 0 Å². The van der Waals surface area contributed by atoms with Crippen molar-refractivity contribution in [2.75, 3.05) is 14.2 Å². The lowest BCUT2D eigenvalue weighted by Gasteiger charge is -2.18. The number of hydrogen-bond donors (Lipinski definition) is 0. The summed E-state index contributed by atoms with van der Waals surface area (Å²) in [5.41, 5.74) is 2.23. The van der Waals surface area contributed by atoms with Crippen LogP contribution >= 0.6 is 0 Å². The maximum Gasteiger partial charge on any atom is 0.340 e. The lowest BCUT2D eigenvalue weighted by atomic mass is 10.0.